The number of nitrogens with two attached hydrogens (primary N) is 3. The smallest absolute Gasteiger partial charge is 0.326 e. The van der Waals surface area contributed by atoms with Crippen molar-refractivity contribution >= 4 is 52.1 Å². The lowest BCUT2D eigenvalue weighted by Crippen LogP contribution is -2.41. The highest BCUT2D eigenvalue weighted by molar-refractivity contribution is 6.00. The summed E-state index contributed by atoms with van der Waals surface area (Å²) in [5.41, 5.74) is 20.2. The molecule has 2 amide bonds. The molecule has 3 aromatic heterocycles. The van der Waals surface area contributed by atoms with Crippen molar-refractivity contribution in [3.8, 4) is 17.1 Å². The van der Waals surface area contributed by atoms with Crippen LogP contribution in [0.5, 0.6) is 5.75 Å². The van der Waals surface area contributed by atoms with Gasteiger partial charge in [-0.05, 0) is 54.5 Å². The zero-order chi connectivity index (χ0) is 33.5. The third-order valence-electron chi connectivity index (χ3n) is 6.86. The lowest BCUT2D eigenvalue weighted by Gasteiger charge is -2.16. The number of carbonyl (C=O) groups is 3. The first-order valence-electron chi connectivity index (χ1n) is 14.0. The number of ether oxygens (including phenoxy) is 1. The molecule has 0 spiro atoms. The van der Waals surface area contributed by atoms with E-state index in [0.717, 1.165) is 0 Å². The van der Waals surface area contributed by atoms with E-state index in [1.807, 2.05) is 0 Å². The number of aromatic amines is 1. The molecule has 11 N–H and O–H groups in total. The molecule has 19 nitrogen and oxygen atoms in total. The van der Waals surface area contributed by atoms with Gasteiger partial charge in [-0.25, -0.2) is 14.8 Å². The molecule has 19 heteroatoms. The number of nitrogen functional groups attached to an aromatic ring is 3. The monoisotopic (exact) mass is 642 g/mol. The number of fused-ring (bicyclic) bond motifs is 1. The molecule has 3 heterocycles. The average molecular weight is 643 g/mol. The Hall–Kier alpha value is -6.66. The number of hydrogen-bond acceptors (Lipinski definition) is 15. The van der Waals surface area contributed by atoms with Gasteiger partial charge in [0.25, 0.3) is 11.8 Å². The Kier molecular flexibility index (Phi) is 9.44. The topological polar surface area (TPSA) is 301 Å². The predicted octanol–water partition coefficient (Wildman–Crippen LogP) is 0.360. The highest BCUT2D eigenvalue weighted by Gasteiger charge is 2.22. The van der Waals surface area contributed by atoms with E-state index < -0.39 is 23.8 Å². The first-order valence-corrected chi connectivity index (χ1v) is 14.0. The molecule has 5 aromatic rings. The van der Waals surface area contributed by atoms with Crippen LogP contribution < -0.4 is 37.9 Å². The minimum Gasteiger partial charge on any atom is -0.495 e. The van der Waals surface area contributed by atoms with Crippen LogP contribution in [-0.2, 0) is 11.3 Å². The number of tetrazole rings is 1. The van der Waals surface area contributed by atoms with Crippen molar-refractivity contribution in [3.63, 3.8) is 0 Å². The van der Waals surface area contributed by atoms with Gasteiger partial charge in [0.1, 0.15) is 11.8 Å². The standard InChI is InChI=1S/C28H30N14O5/c1-47-20-9-13(4-7-18(20)33-11-15-12-34-24-21(35-15)22(30)37-28(31)38-24)25(43)36-19(27(45)46)3-2-8-32-26(44)16-6-5-14(29)10-17(16)23-39-41-42-40-23/h4-7,9-10,12,19,33H,2-3,8,11,29H2,1H3,(H,32,44)(H,36,43)(H,45,46)(H,39,40,41,42)(H4,30,31,34,37,38)/t19-/m0/s1. The van der Waals surface area contributed by atoms with Gasteiger partial charge in [-0.3, -0.25) is 9.59 Å². The van der Waals surface area contributed by atoms with Crippen LogP contribution in [-0.4, -0.2) is 83.1 Å². The lowest BCUT2D eigenvalue weighted by molar-refractivity contribution is -0.139. The number of aliphatic carboxylic acids is 1. The normalized spacial score (nSPS) is 11.5. The number of carbonyl (C=O) groups excluding carboxylic acids is 2. The van der Waals surface area contributed by atoms with E-state index in [4.69, 9.17) is 21.9 Å². The van der Waals surface area contributed by atoms with Crippen molar-refractivity contribution in [2.75, 3.05) is 36.2 Å². The number of carboxylic acids is 1. The molecule has 0 fully saturated rings. The minimum absolute atomic E-state index is 0.00496. The Labute approximate surface area is 265 Å². The average Bonchev–Trinajstić information content (AvgIpc) is 3.60. The molecule has 0 radical (unpaired) electrons. The van der Waals surface area contributed by atoms with Gasteiger partial charge in [-0.2, -0.15) is 15.2 Å². The number of anilines is 4. The molecule has 0 aliphatic heterocycles. The fourth-order valence-corrected chi connectivity index (χ4v) is 4.56. The van der Waals surface area contributed by atoms with E-state index in [2.05, 4.69) is 56.5 Å². The van der Waals surface area contributed by atoms with Crippen molar-refractivity contribution in [3.05, 3.63) is 59.4 Å². The summed E-state index contributed by atoms with van der Waals surface area (Å²) in [4.78, 5) is 54.3. The van der Waals surface area contributed by atoms with Crippen LogP contribution >= 0.6 is 0 Å². The summed E-state index contributed by atoms with van der Waals surface area (Å²) >= 11 is 0. The van der Waals surface area contributed by atoms with E-state index in [1.165, 1.54) is 31.5 Å². The zero-order valence-corrected chi connectivity index (χ0v) is 24.9. The van der Waals surface area contributed by atoms with Crippen LogP contribution in [0.25, 0.3) is 22.6 Å². The maximum absolute atomic E-state index is 13.0. The highest BCUT2D eigenvalue weighted by atomic mass is 16.5. The molecule has 5 rings (SSSR count). The predicted molar refractivity (Wildman–Crippen MR) is 169 cm³/mol. The second kappa shape index (κ2) is 14.0. The van der Waals surface area contributed by atoms with Crippen LogP contribution in [0.1, 0.15) is 39.3 Å². The maximum Gasteiger partial charge on any atom is 0.326 e. The lowest BCUT2D eigenvalue weighted by atomic mass is 10.0. The van der Waals surface area contributed by atoms with Gasteiger partial charge in [0.05, 0.1) is 36.8 Å². The molecule has 47 heavy (non-hydrogen) atoms. The van der Waals surface area contributed by atoms with E-state index >= 15 is 0 Å². The van der Waals surface area contributed by atoms with Gasteiger partial charge >= 0.3 is 5.97 Å². The molecule has 0 saturated heterocycles. The number of rotatable bonds is 13. The van der Waals surface area contributed by atoms with Crippen molar-refractivity contribution in [1.29, 1.82) is 0 Å². The van der Waals surface area contributed by atoms with Crippen molar-refractivity contribution in [1.82, 2.24) is 51.2 Å². The van der Waals surface area contributed by atoms with Crippen LogP contribution in [0.15, 0.2) is 42.6 Å². The quantitative estimate of drug-likeness (QED) is 0.0635. The third kappa shape index (κ3) is 7.53. The fraction of sp³-hybridized carbons (Fsp3) is 0.214. The fourth-order valence-electron chi connectivity index (χ4n) is 4.56. The Morgan fingerprint density at radius 1 is 1.04 bits per heavy atom. The third-order valence-corrected chi connectivity index (χ3v) is 6.86. The van der Waals surface area contributed by atoms with Gasteiger partial charge in [-0.1, -0.05) is 0 Å². The molecule has 0 aliphatic carbocycles. The van der Waals surface area contributed by atoms with Gasteiger partial charge in [0.2, 0.25) is 11.8 Å². The summed E-state index contributed by atoms with van der Waals surface area (Å²) < 4.78 is 5.45. The number of H-pyrrole nitrogens is 1. The number of amides is 2. The van der Waals surface area contributed by atoms with E-state index in [1.54, 1.807) is 18.2 Å². The SMILES string of the molecule is COc1cc(C(=O)N[C@@H](CCCNC(=O)c2ccc(N)cc2-c2nn[nH]n2)C(=O)O)ccc1NCc1cnc2nc(N)nc(N)c2n1. The highest BCUT2D eigenvalue weighted by Crippen LogP contribution is 2.27. The van der Waals surface area contributed by atoms with Gasteiger partial charge in [-0.15, -0.1) is 10.2 Å². The molecule has 1 atom stereocenters. The Morgan fingerprint density at radius 2 is 1.87 bits per heavy atom. The van der Waals surface area contributed by atoms with Gasteiger partial charge in [0, 0.05) is 23.4 Å². The summed E-state index contributed by atoms with van der Waals surface area (Å²) in [7, 11) is 1.43. The molecular formula is C28H30N14O5. The molecule has 242 valence electrons. The second-order valence-corrected chi connectivity index (χ2v) is 10.1. The molecule has 0 unspecified atom stereocenters. The van der Waals surface area contributed by atoms with Crippen molar-refractivity contribution < 1.29 is 24.2 Å². The Morgan fingerprint density at radius 3 is 2.62 bits per heavy atom. The van der Waals surface area contributed by atoms with E-state index in [0.29, 0.717) is 33.9 Å². The number of nitrogens with zero attached hydrogens (tertiary/aromatic N) is 7. The summed E-state index contributed by atoms with van der Waals surface area (Å²) in [6.07, 6.45) is 1.81. The van der Waals surface area contributed by atoms with Crippen LogP contribution in [0.2, 0.25) is 0 Å². The minimum atomic E-state index is -1.22. The Bertz CT molecular complexity index is 1940. The first-order chi connectivity index (χ1) is 22.6. The van der Waals surface area contributed by atoms with Crippen LogP contribution in [0, 0.1) is 0 Å². The van der Waals surface area contributed by atoms with Gasteiger partial charge < -0.3 is 43.0 Å². The number of nitrogens with one attached hydrogen (secondary N) is 4. The Balaban J connectivity index is 1.16. The van der Waals surface area contributed by atoms with Crippen LogP contribution in [0.4, 0.5) is 23.1 Å². The van der Waals surface area contributed by atoms with Crippen molar-refractivity contribution in [2.24, 2.45) is 0 Å². The molecule has 0 saturated carbocycles. The first kappa shape index (κ1) is 31.8. The van der Waals surface area contributed by atoms with E-state index in [-0.39, 0.29) is 60.3 Å². The van der Waals surface area contributed by atoms with Gasteiger partial charge in [0.15, 0.2) is 17.0 Å². The summed E-state index contributed by atoms with van der Waals surface area (Å²) in [6, 6.07) is 8.05. The molecule has 0 aliphatic rings. The molecular weight excluding hydrogens is 612 g/mol. The summed E-state index contributed by atoms with van der Waals surface area (Å²) in [5, 5.41) is 31.8. The van der Waals surface area contributed by atoms with Crippen molar-refractivity contribution in [2.45, 2.75) is 25.4 Å². The molecule has 2 aromatic carbocycles. The largest absolute Gasteiger partial charge is 0.495 e. The number of hydrogen-bond donors (Lipinski definition) is 8. The number of carboxylic acid groups (broad SMARTS) is 1. The maximum atomic E-state index is 13.0. The summed E-state index contributed by atoms with van der Waals surface area (Å²) in [5.74, 6) is -1.64. The number of benzene rings is 2. The summed E-state index contributed by atoms with van der Waals surface area (Å²) in [6.45, 7) is 0.362. The van der Waals surface area contributed by atoms with Crippen LogP contribution in [0.3, 0.4) is 0 Å². The zero-order valence-electron chi connectivity index (χ0n) is 24.9. The molecule has 0 bridgehead atoms. The van der Waals surface area contributed by atoms with E-state index in [9.17, 15) is 19.5 Å². The second-order valence-electron chi connectivity index (χ2n) is 10.1. The number of methoxy groups -OCH3 is 1. The number of aromatic nitrogens is 8.